The monoisotopic (exact) mass is 295 g/mol. The van der Waals surface area contributed by atoms with Gasteiger partial charge in [0, 0.05) is 19.1 Å². The van der Waals surface area contributed by atoms with Crippen LogP contribution in [-0.4, -0.2) is 24.1 Å². The van der Waals surface area contributed by atoms with Crippen molar-refractivity contribution in [1.82, 2.24) is 10.3 Å². The molecule has 0 aliphatic carbocycles. The van der Waals surface area contributed by atoms with E-state index < -0.39 is 0 Å². The molecule has 1 aliphatic heterocycles. The van der Waals surface area contributed by atoms with Crippen LogP contribution in [0.1, 0.15) is 45.7 Å². The van der Waals surface area contributed by atoms with E-state index in [0.29, 0.717) is 6.04 Å². The lowest BCUT2D eigenvalue weighted by molar-refractivity contribution is 0.388. The van der Waals surface area contributed by atoms with E-state index >= 15 is 0 Å². The molecule has 1 aliphatic rings. The Morgan fingerprint density at radius 1 is 1.35 bits per heavy atom. The second-order valence-electron chi connectivity index (χ2n) is 5.96. The summed E-state index contributed by atoms with van der Waals surface area (Å²) in [4.78, 5) is 7.21. The third-order valence-corrected chi connectivity index (χ3v) is 4.38. The molecule has 2 atom stereocenters. The van der Waals surface area contributed by atoms with E-state index in [4.69, 9.17) is 16.6 Å². The van der Waals surface area contributed by atoms with Crippen LogP contribution in [0.25, 0.3) is 0 Å². The maximum absolute atomic E-state index is 6.26. The first kappa shape index (κ1) is 15.6. The SMILES string of the molecule is CCCNCc1nc(N2CC(C)CCC2C)ccc1Cl. The van der Waals surface area contributed by atoms with Crippen LogP contribution in [0.4, 0.5) is 5.82 Å². The number of pyridine rings is 1. The van der Waals surface area contributed by atoms with Crippen LogP contribution < -0.4 is 10.2 Å². The third kappa shape index (κ3) is 3.86. The average Bonchev–Trinajstić information content (AvgIpc) is 2.44. The summed E-state index contributed by atoms with van der Waals surface area (Å²) in [6.07, 6.45) is 3.68. The third-order valence-electron chi connectivity index (χ3n) is 4.04. The van der Waals surface area contributed by atoms with Gasteiger partial charge in [0.15, 0.2) is 0 Å². The summed E-state index contributed by atoms with van der Waals surface area (Å²) < 4.78 is 0. The van der Waals surface area contributed by atoms with Gasteiger partial charge in [-0.25, -0.2) is 4.98 Å². The van der Waals surface area contributed by atoms with Crippen molar-refractivity contribution in [1.29, 1.82) is 0 Å². The number of nitrogens with zero attached hydrogens (tertiary/aromatic N) is 2. The van der Waals surface area contributed by atoms with E-state index in [9.17, 15) is 0 Å². The standard InChI is InChI=1S/C16H26ClN3/c1-4-9-18-10-15-14(17)7-8-16(19-15)20-11-12(2)5-6-13(20)3/h7-8,12-13,18H,4-6,9-11H2,1-3H3. The van der Waals surface area contributed by atoms with Gasteiger partial charge in [-0.1, -0.05) is 25.4 Å². The quantitative estimate of drug-likeness (QED) is 0.836. The number of piperidine rings is 1. The summed E-state index contributed by atoms with van der Waals surface area (Å²) in [5, 5.41) is 4.14. The molecule has 112 valence electrons. The van der Waals surface area contributed by atoms with Crippen LogP contribution in [0.15, 0.2) is 12.1 Å². The van der Waals surface area contributed by atoms with Crippen LogP contribution in [0.5, 0.6) is 0 Å². The van der Waals surface area contributed by atoms with Crippen LogP contribution >= 0.6 is 11.6 Å². The van der Waals surface area contributed by atoms with Crippen molar-refractivity contribution >= 4 is 17.4 Å². The van der Waals surface area contributed by atoms with E-state index in [1.54, 1.807) is 0 Å². The zero-order valence-corrected chi connectivity index (χ0v) is 13.6. The Hall–Kier alpha value is -0.800. The molecule has 1 N–H and O–H groups in total. The minimum Gasteiger partial charge on any atom is -0.354 e. The van der Waals surface area contributed by atoms with E-state index in [1.165, 1.54) is 12.8 Å². The molecule has 3 nitrogen and oxygen atoms in total. The molecule has 4 heteroatoms. The van der Waals surface area contributed by atoms with E-state index in [2.05, 4.69) is 37.1 Å². The Morgan fingerprint density at radius 3 is 2.90 bits per heavy atom. The Kier molecular flexibility index (Phi) is 5.67. The summed E-state index contributed by atoms with van der Waals surface area (Å²) in [5.74, 6) is 1.81. The van der Waals surface area contributed by atoms with Gasteiger partial charge in [0.05, 0.1) is 10.7 Å². The number of hydrogen-bond acceptors (Lipinski definition) is 3. The molecule has 20 heavy (non-hydrogen) atoms. The molecule has 0 bridgehead atoms. The van der Waals surface area contributed by atoms with Gasteiger partial charge in [-0.2, -0.15) is 0 Å². The first-order valence-corrected chi connectivity index (χ1v) is 8.12. The minimum atomic E-state index is 0.566. The topological polar surface area (TPSA) is 28.2 Å². The molecular weight excluding hydrogens is 270 g/mol. The molecule has 2 heterocycles. The van der Waals surface area contributed by atoms with Crippen molar-refractivity contribution in [3.8, 4) is 0 Å². The predicted molar refractivity (Wildman–Crippen MR) is 86.5 cm³/mol. The van der Waals surface area contributed by atoms with Crippen molar-refractivity contribution < 1.29 is 0 Å². The van der Waals surface area contributed by atoms with Crippen molar-refractivity contribution in [2.45, 2.75) is 52.6 Å². The van der Waals surface area contributed by atoms with Gasteiger partial charge >= 0.3 is 0 Å². The molecular formula is C16H26ClN3. The van der Waals surface area contributed by atoms with Gasteiger partial charge in [0.1, 0.15) is 5.82 Å². The molecule has 2 rings (SSSR count). The zero-order valence-electron chi connectivity index (χ0n) is 12.8. The maximum atomic E-state index is 6.26. The highest BCUT2D eigenvalue weighted by Gasteiger charge is 2.24. The van der Waals surface area contributed by atoms with E-state index in [0.717, 1.165) is 48.5 Å². The number of nitrogens with one attached hydrogen (secondary N) is 1. The Balaban J connectivity index is 2.13. The fourth-order valence-corrected chi connectivity index (χ4v) is 2.92. The van der Waals surface area contributed by atoms with Gasteiger partial charge in [0.2, 0.25) is 0 Å². The largest absolute Gasteiger partial charge is 0.354 e. The summed E-state index contributed by atoms with van der Waals surface area (Å²) in [7, 11) is 0. The van der Waals surface area contributed by atoms with Crippen molar-refractivity contribution in [3.05, 3.63) is 22.8 Å². The van der Waals surface area contributed by atoms with Gasteiger partial charge in [-0.3, -0.25) is 0 Å². The summed E-state index contributed by atoms with van der Waals surface area (Å²) in [5.41, 5.74) is 0.961. The van der Waals surface area contributed by atoms with Crippen LogP contribution in [0.2, 0.25) is 5.02 Å². The van der Waals surface area contributed by atoms with Crippen molar-refractivity contribution in [2.24, 2.45) is 5.92 Å². The molecule has 2 unspecified atom stereocenters. The second kappa shape index (κ2) is 7.28. The Bertz CT molecular complexity index is 436. The van der Waals surface area contributed by atoms with Gasteiger partial charge in [0.25, 0.3) is 0 Å². The summed E-state index contributed by atoms with van der Waals surface area (Å²) in [6, 6.07) is 4.61. The fourth-order valence-electron chi connectivity index (χ4n) is 2.75. The molecule has 0 aromatic carbocycles. The fraction of sp³-hybridized carbons (Fsp3) is 0.688. The number of halogens is 1. The van der Waals surface area contributed by atoms with Crippen LogP contribution in [-0.2, 0) is 6.54 Å². The van der Waals surface area contributed by atoms with Gasteiger partial charge in [-0.05, 0) is 50.8 Å². The van der Waals surface area contributed by atoms with Crippen LogP contribution in [0, 0.1) is 5.92 Å². The first-order valence-electron chi connectivity index (χ1n) is 7.74. The molecule has 1 saturated heterocycles. The highest BCUT2D eigenvalue weighted by Crippen LogP contribution is 2.27. The van der Waals surface area contributed by atoms with Crippen molar-refractivity contribution in [3.63, 3.8) is 0 Å². The summed E-state index contributed by atoms with van der Waals surface area (Å²) >= 11 is 6.26. The van der Waals surface area contributed by atoms with Gasteiger partial charge < -0.3 is 10.2 Å². The first-order chi connectivity index (χ1) is 9.61. The molecule has 1 aromatic rings. The highest BCUT2D eigenvalue weighted by molar-refractivity contribution is 6.31. The zero-order chi connectivity index (χ0) is 14.5. The average molecular weight is 296 g/mol. The lowest BCUT2D eigenvalue weighted by atomic mass is 9.95. The number of anilines is 1. The molecule has 1 aromatic heterocycles. The maximum Gasteiger partial charge on any atom is 0.129 e. The van der Waals surface area contributed by atoms with E-state index in [-0.39, 0.29) is 0 Å². The molecule has 0 radical (unpaired) electrons. The normalized spacial score (nSPS) is 23.1. The number of aromatic nitrogens is 1. The number of hydrogen-bond donors (Lipinski definition) is 1. The smallest absolute Gasteiger partial charge is 0.129 e. The molecule has 0 saturated carbocycles. The van der Waals surface area contributed by atoms with Crippen LogP contribution in [0.3, 0.4) is 0 Å². The summed E-state index contributed by atoms with van der Waals surface area (Å²) in [6.45, 7) is 9.61. The lowest BCUT2D eigenvalue weighted by Crippen LogP contribution is -2.41. The predicted octanol–water partition coefficient (Wildman–Crippen LogP) is 3.86. The minimum absolute atomic E-state index is 0.566. The molecule has 0 spiro atoms. The van der Waals surface area contributed by atoms with E-state index in [1.807, 2.05) is 6.07 Å². The Morgan fingerprint density at radius 2 is 2.15 bits per heavy atom. The van der Waals surface area contributed by atoms with Crippen molar-refractivity contribution in [2.75, 3.05) is 18.0 Å². The number of rotatable bonds is 5. The van der Waals surface area contributed by atoms with Gasteiger partial charge in [-0.15, -0.1) is 0 Å². The lowest BCUT2D eigenvalue weighted by Gasteiger charge is -2.38. The molecule has 1 fully saturated rings. The molecule has 0 amide bonds. The highest BCUT2D eigenvalue weighted by atomic mass is 35.5. The second-order valence-corrected chi connectivity index (χ2v) is 6.37. The Labute approximate surface area is 127 Å².